The van der Waals surface area contributed by atoms with Crippen LogP contribution < -0.4 is 20.7 Å². The number of amides is 4. The van der Waals surface area contributed by atoms with E-state index in [9.17, 15) is 33.6 Å². The molecule has 0 radical (unpaired) electrons. The molecule has 0 saturated carbocycles. The van der Waals surface area contributed by atoms with Gasteiger partial charge in [0.2, 0.25) is 12.3 Å². The molecule has 0 aliphatic heterocycles. The average Bonchev–Trinajstić information content (AvgIpc) is 3.88. The van der Waals surface area contributed by atoms with Gasteiger partial charge in [-0.05, 0) is 72.7 Å². The zero-order valence-electron chi connectivity index (χ0n) is 40.3. The Morgan fingerprint density at radius 2 is 1.40 bits per heavy atom. The zero-order valence-corrected chi connectivity index (χ0v) is 40.3. The van der Waals surface area contributed by atoms with Crippen LogP contribution in [0.4, 0.5) is 0 Å². The number of nitrogens with one attached hydrogen (secondary N) is 3. The van der Waals surface area contributed by atoms with Crippen LogP contribution in [0.15, 0.2) is 120 Å². The van der Waals surface area contributed by atoms with Gasteiger partial charge >= 0.3 is 17.9 Å². The monoisotopic (exact) mass is 958 g/mol. The van der Waals surface area contributed by atoms with Crippen molar-refractivity contribution in [2.75, 3.05) is 13.3 Å². The summed E-state index contributed by atoms with van der Waals surface area (Å²) >= 11 is 0. The maximum absolute atomic E-state index is 13.8. The molecule has 0 spiro atoms. The molecule has 16 heteroatoms. The van der Waals surface area contributed by atoms with E-state index >= 15 is 0 Å². The molecular formula is C54H62N4O12. The molecule has 4 amide bonds. The first kappa shape index (κ1) is 53.2. The molecule has 0 bridgehead atoms. The van der Waals surface area contributed by atoms with Crippen LogP contribution in [0.5, 0.6) is 5.75 Å². The van der Waals surface area contributed by atoms with Crippen LogP contribution in [0.25, 0.3) is 11.3 Å². The van der Waals surface area contributed by atoms with Crippen molar-refractivity contribution >= 4 is 42.0 Å². The number of carbonyl (C=O) groups excluding carboxylic acids is 7. The molecule has 3 atom stereocenters. The third-order valence-electron chi connectivity index (χ3n) is 11.3. The van der Waals surface area contributed by atoms with Gasteiger partial charge in [0.1, 0.15) is 30.8 Å². The largest absolute Gasteiger partial charge is 0.493 e. The molecule has 2 unspecified atom stereocenters. The normalized spacial score (nSPS) is 12.1. The number of esters is 2. The Morgan fingerprint density at radius 1 is 0.729 bits per heavy atom. The molecule has 4 aromatic carbocycles. The van der Waals surface area contributed by atoms with E-state index in [4.69, 9.17) is 23.5 Å². The van der Waals surface area contributed by atoms with E-state index in [1.54, 1.807) is 92.7 Å². The second-order valence-corrected chi connectivity index (χ2v) is 16.7. The highest BCUT2D eigenvalue weighted by atomic mass is 16.7. The lowest BCUT2D eigenvalue weighted by molar-refractivity contribution is -0.171. The second-order valence-electron chi connectivity index (χ2n) is 16.7. The van der Waals surface area contributed by atoms with Crippen LogP contribution >= 0.6 is 0 Å². The van der Waals surface area contributed by atoms with E-state index in [1.807, 2.05) is 45.0 Å². The molecule has 5 aromatic rings. The SMILES string of the molecule is CCCCCC(C(=O)NCNC(=O)c1ccc(-c2ccc(C(=O)NC(CC(=O)OCc3ccccc3)C(=O)OCc3ccccc3)c(OCC)c2)o1)[C@@H](CC)N(C=O)OC(=O)c1ccccc1C(C)C. The topological polar surface area (TPSA) is 209 Å². The standard InChI is InChI=1S/C54H62N4O12/c1-6-9-12-25-42(45(7-2)58(35-59)70-53(64)41-24-18-17-23-40(41)36(4)5)50(61)55-34-56-52(63)47-29-28-46(69-47)39-26-27-43(48(30-39)66-8-3)51(62)57-44(54(65)68-33-38-21-15-11-16-22-38)31-49(60)67-32-37-19-13-10-14-20-37/h10-11,13-24,26-30,35-36,42,44-45H,6-9,12,25,31-34H2,1-5H3,(H,55,61)(H,56,63)(H,57,62)/t42?,44?,45-/m1/s1. The summed E-state index contributed by atoms with van der Waals surface area (Å²) in [5.41, 5.74) is 3.05. The van der Waals surface area contributed by atoms with Gasteiger partial charge in [0, 0.05) is 5.56 Å². The molecule has 370 valence electrons. The lowest BCUT2D eigenvalue weighted by Gasteiger charge is -2.32. The minimum Gasteiger partial charge on any atom is -0.493 e. The van der Waals surface area contributed by atoms with Gasteiger partial charge in [-0.3, -0.25) is 24.0 Å². The second kappa shape index (κ2) is 27.3. The zero-order chi connectivity index (χ0) is 50.4. The first-order chi connectivity index (χ1) is 33.9. The van der Waals surface area contributed by atoms with Gasteiger partial charge in [-0.15, -0.1) is 0 Å². The highest BCUT2D eigenvalue weighted by Crippen LogP contribution is 2.30. The smallest absolute Gasteiger partial charge is 0.363 e. The number of hydroxylamine groups is 2. The van der Waals surface area contributed by atoms with E-state index in [0.29, 0.717) is 42.4 Å². The first-order valence-corrected chi connectivity index (χ1v) is 23.6. The van der Waals surface area contributed by atoms with Crippen LogP contribution in [0, 0.1) is 5.92 Å². The quantitative estimate of drug-likeness (QED) is 0.0149. The van der Waals surface area contributed by atoms with Gasteiger partial charge in [-0.25, -0.2) is 9.59 Å². The fraction of sp³-hybridized carbons (Fsp3) is 0.352. The summed E-state index contributed by atoms with van der Waals surface area (Å²) in [6.07, 6.45) is 3.01. The van der Waals surface area contributed by atoms with Crippen molar-refractivity contribution in [3.05, 3.63) is 149 Å². The van der Waals surface area contributed by atoms with Crippen molar-refractivity contribution < 1.29 is 57.0 Å². The number of ether oxygens (including phenoxy) is 3. The third kappa shape index (κ3) is 15.4. The van der Waals surface area contributed by atoms with Gasteiger partial charge in [0.25, 0.3) is 11.8 Å². The Hall–Kier alpha value is -7.75. The minimum atomic E-state index is -1.40. The van der Waals surface area contributed by atoms with E-state index < -0.39 is 60.1 Å². The third-order valence-corrected chi connectivity index (χ3v) is 11.3. The van der Waals surface area contributed by atoms with Gasteiger partial charge in [-0.2, -0.15) is 5.06 Å². The predicted molar refractivity (Wildman–Crippen MR) is 260 cm³/mol. The number of furan rings is 1. The summed E-state index contributed by atoms with van der Waals surface area (Å²) in [6.45, 7) is 9.23. The van der Waals surface area contributed by atoms with Crippen molar-refractivity contribution in [1.82, 2.24) is 21.0 Å². The summed E-state index contributed by atoms with van der Waals surface area (Å²) < 4.78 is 22.7. The van der Waals surface area contributed by atoms with Crippen molar-refractivity contribution in [1.29, 1.82) is 0 Å². The summed E-state index contributed by atoms with van der Waals surface area (Å²) in [5.74, 6) is -4.52. The Kier molecular flexibility index (Phi) is 20.7. The first-order valence-electron chi connectivity index (χ1n) is 23.6. The Morgan fingerprint density at radius 3 is 2.04 bits per heavy atom. The van der Waals surface area contributed by atoms with Crippen molar-refractivity contribution in [2.45, 2.75) is 104 Å². The van der Waals surface area contributed by atoms with Crippen molar-refractivity contribution in [2.24, 2.45) is 5.92 Å². The van der Waals surface area contributed by atoms with E-state index in [2.05, 4.69) is 16.0 Å². The maximum atomic E-state index is 13.8. The minimum absolute atomic E-state index is 0.0231. The average molecular weight is 959 g/mol. The Balaban J connectivity index is 1.24. The summed E-state index contributed by atoms with van der Waals surface area (Å²) in [7, 11) is 0. The molecule has 1 heterocycles. The number of nitrogens with zero attached hydrogens (tertiary/aromatic N) is 1. The van der Waals surface area contributed by atoms with Crippen LogP contribution in [0.1, 0.15) is 127 Å². The highest BCUT2D eigenvalue weighted by Gasteiger charge is 2.34. The molecule has 0 aliphatic carbocycles. The number of carbonyl (C=O) groups is 7. The molecule has 1 aromatic heterocycles. The fourth-order valence-electron chi connectivity index (χ4n) is 7.66. The number of rotatable bonds is 27. The molecule has 3 N–H and O–H groups in total. The maximum Gasteiger partial charge on any atom is 0.363 e. The molecular weight excluding hydrogens is 897 g/mol. The lowest BCUT2D eigenvalue weighted by Crippen LogP contribution is -2.49. The number of hydrogen-bond donors (Lipinski definition) is 3. The van der Waals surface area contributed by atoms with E-state index in [0.717, 1.165) is 29.0 Å². The number of benzene rings is 4. The Labute approximate surface area is 408 Å². The van der Waals surface area contributed by atoms with Gasteiger partial charge in [0.05, 0.1) is 42.8 Å². The summed E-state index contributed by atoms with van der Waals surface area (Å²) in [5, 5.41) is 8.92. The van der Waals surface area contributed by atoms with Crippen molar-refractivity contribution in [3.63, 3.8) is 0 Å². The highest BCUT2D eigenvalue weighted by molar-refractivity contribution is 6.00. The summed E-state index contributed by atoms with van der Waals surface area (Å²) in [6, 6.07) is 30.4. The van der Waals surface area contributed by atoms with Crippen LogP contribution in [-0.4, -0.2) is 72.5 Å². The fourth-order valence-corrected chi connectivity index (χ4v) is 7.66. The van der Waals surface area contributed by atoms with Crippen LogP contribution in [-0.2, 0) is 46.7 Å². The predicted octanol–water partition coefficient (Wildman–Crippen LogP) is 8.45. The molecule has 70 heavy (non-hydrogen) atoms. The van der Waals surface area contributed by atoms with Gasteiger partial charge in [-0.1, -0.05) is 132 Å². The van der Waals surface area contributed by atoms with E-state index in [1.165, 1.54) is 12.1 Å². The molecule has 0 aliphatic rings. The number of hydrogen-bond acceptors (Lipinski definition) is 12. The lowest BCUT2D eigenvalue weighted by atomic mass is 9.90. The van der Waals surface area contributed by atoms with E-state index in [-0.39, 0.29) is 55.2 Å². The molecule has 16 nitrogen and oxygen atoms in total. The van der Waals surface area contributed by atoms with Crippen LogP contribution in [0.2, 0.25) is 0 Å². The van der Waals surface area contributed by atoms with Crippen LogP contribution in [0.3, 0.4) is 0 Å². The Bertz CT molecular complexity index is 2530. The molecule has 5 rings (SSSR count). The number of unbranched alkanes of at least 4 members (excludes halogenated alkanes) is 2. The van der Waals surface area contributed by atoms with Crippen molar-refractivity contribution in [3.8, 4) is 17.1 Å². The summed E-state index contributed by atoms with van der Waals surface area (Å²) in [4.78, 5) is 98.6. The molecule has 0 saturated heterocycles. The van der Waals surface area contributed by atoms with Gasteiger partial charge < -0.3 is 39.4 Å². The molecule has 0 fully saturated rings. The van der Waals surface area contributed by atoms with Gasteiger partial charge in [0.15, 0.2) is 5.76 Å².